The molecule has 0 spiro atoms. The number of nitrogens with one attached hydrogen (secondary N) is 1. The fourth-order valence-electron chi connectivity index (χ4n) is 2.70. The lowest BCUT2D eigenvalue weighted by atomic mass is 9.99. The molecule has 3 rings (SSSR count). The lowest BCUT2D eigenvalue weighted by molar-refractivity contribution is 0.0284. The molecule has 4 heteroatoms. The zero-order valence-corrected chi connectivity index (χ0v) is 12.3. The highest BCUT2D eigenvalue weighted by Crippen LogP contribution is 2.20. The first-order valence-corrected chi connectivity index (χ1v) is 7.17. The third-order valence-electron chi connectivity index (χ3n) is 3.82. The van der Waals surface area contributed by atoms with Gasteiger partial charge in [-0.2, -0.15) is 0 Å². The molecule has 1 N–H and O–H groups in total. The van der Waals surface area contributed by atoms with E-state index in [-0.39, 0.29) is 12.0 Å². The highest BCUT2D eigenvalue weighted by atomic mass is 16.5. The Bertz CT molecular complexity index is 660. The molecule has 1 aromatic heterocycles. The molecule has 2 aromatic rings. The molecule has 0 saturated heterocycles. The van der Waals surface area contributed by atoms with Crippen molar-refractivity contribution >= 4 is 5.91 Å². The van der Waals surface area contributed by atoms with Gasteiger partial charge in [0.2, 0.25) is 0 Å². The number of ether oxygens (including phenoxy) is 1. The van der Waals surface area contributed by atoms with Crippen molar-refractivity contribution in [2.45, 2.75) is 33.0 Å². The van der Waals surface area contributed by atoms with Crippen molar-refractivity contribution in [3.05, 3.63) is 58.5 Å². The molecule has 1 aliphatic rings. The molecule has 0 unspecified atom stereocenters. The van der Waals surface area contributed by atoms with Crippen LogP contribution in [0.1, 0.15) is 33.0 Å². The molecule has 1 aliphatic heterocycles. The summed E-state index contributed by atoms with van der Waals surface area (Å²) in [6, 6.07) is 10.0. The molecule has 0 bridgehead atoms. The minimum absolute atomic E-state index is 0.0251. The highest BCUT2D eigenvalue weighted by molar-refractivity contribution is 5.95. The van der Waals surface area contributed by atoms with Crippen molar-refractivity contribution in [3.8, 4) is 0 Å². The quantitative estimate of drug-likeness (QED) is 0.943. The molecule has 2 heterocycles. The number of hydrogen-bond donors (Lipinski definition) is 1. The summed E-state index contributed by atoms with van der Waals surface area (Å²) in [5.41, 5.74) is 3.14. The van der Waals surface area contributed by atoms with Crippen LogP contribution in [0, 0.1) is 13.8 Å². The summed E-state index contributed by atoms with van der Waals surface area (Å²) in [6.45, 7) is 4.76. The summed E-state index contributed by atoms with van der Waals surface area (Å²) in [7, 11) is 0. The number of furan rings is 1. The van der Waals surface area contributed by atoms with E-state index in [0.717, 1.165) is 12.2 Å². The molecule has 1 aromatic carbocycles. The van der Waals surface area contributed by atoms with Gasteiger partial charge in [-0.25, -0.2) is 0 Å². The third kappa shape index (κ3) is 3.00. The van der Waals surface area contributed by atoms with Crippen LogP contribution in [0.2, 0.25) is 0 Å². The second kappa shape index (κ2) is 5.74. The van der Waals surface area contributed by atoms with Crippen LogP contribution in [0.15, 0.2) is 34.7 Å². The maximum Gasteiger partial charge on any atom is 0.254 e. The molecule has 0 fully saturated rings. The second-order valence-corrected chi connectivity index (χ2v) is 5.44. The molecule has 21 heavy (non-hydrogen) atoms. The molecule has 0 aliphatic carbocycles. The smallest absolute Gasteiger partial charge is 0.254 e. The summed E-state index contributed by atoms with van der Waals surface area (Å²) >= 11 is 0. The molecule has 110 valence electrons. The standard InChI is InChI=1S/C17H19NO3/c1-11-7-16(12(2)21-11)17(19)18-9-15-8-13-5-3-4-6-14(13)10-20-15/h3-7,15H,8-10H2,1-2H3,(H,18,19)/t15-/m1/s1. The average molecular weight is 285 g/mol. The molecular weight excluding hydrogens is 266 g/mol. The Balaban J connectivity index is 1.59. The zero-order chi connectivity index (χ0) is 14.8. The van der Waals surface area contributed by atoms with Gasteiger partial charge in [0.05, 0.1) is 18.3 Å². The molecule has 0 radical (unpaired) electrons. The minimum atomic E-state index is -0.105. The Hall–Kier alpha value is -2.07. The van der Waals surface area contributed by atoms with Crippen LogP contribution in [0.3, 0.4) is 0 Å². The fraction of sp³-hybridized carbons (Fsp3) is 0.353. The van der Waals surface area contributed by atoms with Gasteiger partial charge < -0.3 is 14.5 Å². The van der Waals surface area contributed by atoms with Crippen molar-refractivity contribution < 1.29 is 13.9 Å². The molecule has 1 atom stereocenters. The van der Waals surface area contributed by atoms with Gasteiger partial charge in [-0.1, -0.05) is 24.3 Å². The van der Waals surface area contributed by atoms with Gasteiger partial charge in [0, 0.05) is 13.0 Å². The predicted molar refractivity (Wildman–Crippen MR) is 79.2 cm³/mol. The molecule has 1 amide bonds. The van der Waals surface area contributed by atoms with Gasteiger partial charge in [0.1, 0.15) is 11.5 Å². The zero-order valence-electron chi connectivity index (χ0n) is 12.3. The first-order valence-electron chi connectivity index (χ1n) is 7.17. The van der Waals surface area contributed by atoms with Crippen molar-refractivity contribution in [2.75, 3.05) is 6.54 Å². The summed E-state index contributed by atoms with van der Waals surface area (Å²) < 4.78 is 11.2. The van der Waals surface area contributed by atoms with Crippen LogP contribution in [-0.2, 0) is 17.8 Å². The number of hydrogen-bond acceptors (Lipinski definition) is 3. The Morgan fingerprint density at radius 1 is 1.29 bits per heavy atom. The molecule has 0 saturated carbocycles. The van der Waals surface area contributed by atoms with E-state index in [9.17, 15) is 4.79 Å². The van der Waals surface area contributed by atoms with Crippen molar-refractivity contribution in [2.24, 2.45) is 0 Å². The topological polar surface area (TPSA) is 51.5 Å². The van der Waals surface area contributed by atoms with Gasteiger partial charge in [0.15, 0.2) is 0 Å². The maximum absolute atomic E-state index is 12.1. The van der Waals surface area contributed by atoms with E-state index in [1.54, 1.807) is 13.0 Å². The van der Waals surface area contributed by atoms with E-state index >= 15 is 0 Å². The Morgan fingerprint density at radius 3 is 2.76 bits per heavy atom. The van der Waals surface area contributed by atoms with E-state index in [4.69, 9.17) is 9.15 Å². The van der Waals surface area contributed by atoms with Crippen LogP contribution < -0.4 is 5.32 Å². The summed E-state index contributed by atoms with van der Waals surface area (Å²) in [4.78, 5) is 12.1. The number of carbonyl (C=O) groups excluding carboxylic acids is 1. The normalized spacial score (nSPS) is 17.3. The van der Waals surface area contributed by atoms with E-state index in [1.807, 2.05) is 19.1 Å². The summed E-state index contributed by atoms with van der Waals surface area (Å²) in [5, 5.41) is 2.93. The van der Waals surface area contributed by atoms with Crippen molar-refractivity contribution in [1.29, 1.82) is 0 Å². The van der Waals surface area contributed by atoms with Crippen molar-refractivity contribution in [3.63, 3.8) is 0 Å². The first kappa shape index (κ1) is 13.9. The van der Waals surface area contributed by atoms with Crippen LogP contribution in [-0.4, -0.2) is 18.6 Å². The fourth-order valence-corrected chi connectivity index (χ4v) is 2.70. The SMILES string of the molecule is Cc1cc(C(=O)NC[C@H]2Cc3ccccc3CO2)c(C)o1. The van der Waals surface area contributed by atoms with E-state index in [1.165, 1.54) is 11.1 Å². The van der Waals surface area contributed by atoms with Gasteiger partial charge >= 0.3 is 0 Å². The van der Waals surface area contributed by atoms with E-state index in [2.05, 4.69) is 17.4 Å². The Labute approximate surface area is 124 Å². The lowest BCUT2D eigenvalue weighted by Crippen LogP contribution is -2.36. The minimum Gasteiger partial charge on any atom is -0.466 e. The largest absolute Gasteiger partial charge is 0.466 e. The number of carbonyl (C=O) groups is 1. The van der Waals surface area contributed by atoms with Crippen molar-refractivity contribution in [1.82, 2.24) is 5.32 Å². The maximum atomic E-state index is 12.1. The van der Waals surface area contributed by atoms with Crippen LogP contribution in [0.25, 0.3) is 0 Å². The lowest BCUT2D eigenvalue weighted by Gasteiger charge is -2.25. The highest BCUT2D eigenvalue weighted by Gasteiger charge is 2.20. The first-order chi connectivity index (χ1) is 10.1. The number of rotatable bonds is 3. The summed E-state index contributed by atoms with van der Waals surface area (Å²) in [6.07, 6.45) is 0.858. The van der Waals surface area contributed by atoms with Gasteiger partial charge in [0.25, 0.3) is 5.91 Å². The van der Waals surface area contributed by atoms with Gasteiger partial charge in [-0.05, 0) is 31.0 Å². The number of amides is 1. The second-order valence-electron chi connectivity index (χ2n) is 5.44. The average Bonchev–Trinajstić information content (AvgIpc) is 2.83. The van der Waals surface area contributed by atoms with E-state index < -0.39 is 0 Å². The molecule has 4 nitrogen and oxygen atoms in total. The molecular formula is C17H19NO3. The van der Waals surface area contributed by atoms with E-state index in [0.29, 0.717) is 24.5 Å². The Morgan fingerprint density at radius 2 is 2.05 bits per heavy atom. The number of aryl methyl sites for hydroxylation is 2. The predicted octanol–water partition coefficient (Wildman–Crippen LogP) is 2.77. The number of fused-ring (bicyclic) bond motifs is 1. The summed E-state index contributed by atoms with van der Waals surface area (Å²) in [5.74, 6) is 1.30. The van der Waals surface area contributed by atoms with Gasteiger partial charge in [-0.15, -0.1) is 0 Å². The number of benzene rings is 1. The van der Waals surface area contributed by atoms with Gasteiger partial charge in [-0.3, -0.25) is 4.79 Å². The van der Waals surface area contributed by atoms with Crippen LogP contribution in [0.4, 0.5) is 0 Å². The van der Waals surface area contributed by atoms with Crippen LogP contribution >= 0.6 is 0 Å². The monoisotopic (exact) mass is 285 g/mol. The van der Waals surface area contributed by atoms with Crippen LogP contribution in [0.5, 0.6) is 0 Å². The Kier molecular flexibility index (Phi) is 3.80. The third-order valence-corrected chi connectivity index (χ3v) is 3.82.